The van der Waals surface area contributed by atoms with Gasteiger partial charge in [-0.1, -0.05) is 30.3 Å². The quantitative estimate of drug-likeness (QED) is 0.846. The number of rotatable bonds is 4. The topological polar surface area (TPSA) is 40.6 Å². The van der Waals surface area contributed by atoms with E-state index in [-0.39, 0.29) is 17.9 Å². The molecule has 0 aromatic heterocycles. The van der Waals surface area contributed by atoms with Crippen LogP contribution in [0.2, 0.25) is 0 Å². The van der Waals surface area contributed by atoms with Crippen molar-refractivity contribution in [2.75, 3.05) is 19.6 Å². The van der Waals surface area contributed by atoms with Crippen LogP contribution in [0, 0.1) is 11.8 Å². The summed E-state index contributed by atoms with van der Waals surface area (Å²) in [6.07, 6.45) is 7.25. The lowest BCUT2D eigenvalue weighted by molar-refractivity contribution is -0.144. The molecule has 3 fully saturated rings. The average Bonchev–Trinajstić information content (AvgIpc) is 3.38. The molecule has 4 nitrogen and oxygen atoms in total. The van der Waals surface area contributed by atoms with Crippen molar-refractivity contribution < 1.29 is 9.59 Å². The van der Waals surface area contributed by atoms with Crippen molar-refractivity contribution in [1.82, 2.24) is 9.80 Å². The molecule has 4 rings (SSSR count). The van der Waals surface area contributed by atoms with Crippen LogP contribution < -0.4 is 0 Å². The fourth-order valence-corrected chi connectivity index (χ4v) is 4.57. The number of amides is 2. The fourth-order valence-electron chi connectivity index (χ4n) is 4.57. The zero-order valence-electron chi connectivity index (χ0n) is 14.9. The van der Waals surface area contributed by atoms with Crippen molar-refractivity contribution in [1.29, 1.82) is 0 Å². The molecule has 2 unspecified atom stereocenters. The Morgan fingerprint density at radius 2 is 1.68 bits per heavy atom. The van der Waals surface area contributed by atoms with E-state index in [1.54, 1.807) is 0 Å². The predicted octanol–water partition coefficient (Wildman–Crippen LogP) is 2.87. The van der Waals surface area contributed by atoms with Gasteiger partial charge in [-0.05, 0) is 55.9 Å². The van der Waals surface area contributed by atoms with Crippen molar-refractivity contribution in [3.8, 4) is 0 Å². The molecule has 0 bridgehead atoms. The van der Waals surface area contributed by atoms with Crippen LogP contribution in [0.1, 0.15) is 44.1 Å². The van der Waals surface area contributed by atoms with E-state index < -0.39 is 0 Å². The maximum absolute atomic E-state index is 13.1. The molecular formula is C21H28N2O2. The van der Waals surface area contributed by atoms with Gasteiger partial charge in [0.15, 0.2) is 0 Å². The normalized spacial score (nSPS) is 26.7. The van der Waals surface area contributed by atoms with Gasteiger partial charge in [-0.15, -0.1) is 0 Å². The number of carbonyl (C=O) groups excluding carboxylic acids is 2. The summed E-state index contributed by atoms with van der Waals surface area (Å²) in [4.78, 5) is 29.7. The molecule has 3 aliphatic rings. The summed E-state index contributed by atoms with van der Waals surface area (Å²) in [6.45, 7) is 2.52. The molecular weight excluding hydrogens is 312 g/mol. The molecule has 134 valence electrons. The van der Waals surface area contributed by atoms with E-state index in [0.29, 0.717) is 12.3 Å². The lowest BCUT2D eigenvalue weighted by atomic mass is 9.93. The van der Waals surface area contributed by atoms with E-state index in [1.807, 2.05) is 35.2 Å². The molecule has 1 saturated carbocycles. The zero-order chi connectivity index (χ0) is 17.2. The summed E-state index contributed by atoms with van der Waals surface area (Å²) in [5, 5.41) is 0. The maximum Gasteiger partial charge on any atom is 0.245 e. The molecule has 2 saturated heterocycles. The molecule has 2 atom stereocenters. The van der Waals surface area contributed by atoms with E-state index >= 15 is 0 Å². The molecule has 0 N–H and O–H groups in total. The van der Waals surface area contributed by atoms with Crippen molar-refractivity contribution >= 4 is 11.8 Å². The Bertz CT molecular complexity index is 626. The van der Waals surface area contributed by atoms with Crippen LogP contribution in [0.4, 0.5) is 0 Å². The fraction of sp³-hybridized carbons (Fsp3) is 0.619. The van der Waals surface area contributed by atoms with Gasteiger partial charge in [-0.25, -0.2) is 0 Å². The third-order valence-electron chi connectivity index (χ3n) is 6.11. The number of piperidine rings is 1. The molecule has 0 radical (unpaired) electrons. The van der Waals surface area contributed by atoms with Crippen LogP contribution in [-0.4, -0.2) is 47.3 Å². The number of hydrogen-bond donors (Lipinski definition) is 0. The summed E-state index contributed by atoms with van der Waals surface area (Å²) in [6, 6.07) is 9.62. The van der Waals surface area contributed by atoms with Crippen molar-refractivity contribution in [3.05, 3.63) is 35.9 Å². The van der Waals surface area contributed by atoms with Crippen LogP contribution in [0.25, 0.3) is 0 Å². The highest BCUT2D eigenvalue weighted by atomic mass is 16.2. The summed E-state index contributed by atoms with van der Waals surface area (Å²) >= 11 is 0. The Kier molecular flexibility index (Phi) is 4.78. The highest BCUT2D eigenvalue weighted by Crippen LogP contribution is 2.41. The number of carbonyl (C=O) groups is 2. The minimum Gasteiger partial charge on any atom is -0.341 e. The summed E-state index contributed by atoms with van der Waals surface area (Å²) in [5.74, 6) is 1.85. The van der Waals surface area contributed by atoms with Gasteiger partial charge in [-0.2, -0.15) is 0 Å². The van der Waals surface area contributed by atoms with Crippen LogP contribution in [0.15, 0.2) is 30.3 Å². The van der Waals surface area contributed by atoms with Gasteiger partial charge in [0.2, 0.25) is 11.8 Å². The van der Waals surface area contributed by atoms with Crippen LogP contribution in [0.5, 0.6) is 0 Å². The summed E-state index contributed by atoms with van der Waals surface area (Å²) in [5.41, 5.74) is 1.03. The minimum absolute atomic E-state index is 0.0952. The molecule has 2 heterocycles. The second kappa shape index (κ2) is 7.19. The zero-order valence-corrected chi connectivity index (χ0v) is 14.9. The van der Waals surface area contributed by atoms with Crippen molar-refractivity contribution in [2.45, 2.75) is 51.0 Å². The summed E-state index contributed by atoms with van der Waals surface area (Å²) in [7, 11) is 0. The Hall–Kier alpha value is -1.84. The number of hydrogen-bond acceptors (Lipinski definition) is 2. The molecule has 2 aliphatic heterocycles. The van der Waals surface area contributed by atoms with E-state index in [9.17, 15) is 9.59 Å². The van der Waals surface area contributed by atoms with Gasteiger partial charge in [0.1, 0.15) is 6.04 Å². The first-order chi connectivity index (χ1) is 12.2. The first kappa shape index (κ1) is 16.6. The first-order valence-corrected chi connectivity index (χ1v) is 9.84. The van der Waals surface area contributed by atoms with Crippen molar-refractivity contribution in [3.63, 3.8) is 0 Å². The van der Waals surface area contributed by atoms with Crippen LogP contribution in [0.3, 0.4) is 0 Å². The van der Waals surface area contributed by atoms with E-state index in [2.05, 4.69) is 4.90 Å². The molecule has 2 amide bonds. The Morgan fingerprint density at radius 1 is 0.920 bits per heavy atom. The predicted molar refractivity (Wildman–Crippen MR) is 96.9 cm³/mol. The Morgan fingerprint density at radius 3 is 2.44 bits per heavy atom. The van der Waals surface area contributed by atoms with E-state index in [4.69, 9.17) is 0 Å². The molecule has 4 heteroatoms. The van der Waals surface area contributed by atoms with E-state index in [0.717, 1.165) is 50.4 Å². The minimum atomic E-state index is -0.228. The third-order valence-corrected chi connectivity index (χ3v) is 6.11. The number of benzene rings is 1. The average molecular weight is 340 g/mol. The van der Waals surface area contributed by atoms with E-state index in [1.165, 1.54) is 19.3 Å². The van der Waals surface area contributed by atoms with Crippen LogP contribution >= 0.6 is 0 Å². The molecule has 1 aromatic carbocycles. The van der Waals surface area contributed by atoms with Crippen molar-refractivity contribution in [2.24, 2.45) is 11.8 Å². The Balaban J connectivity index is 1.40. The molecule has 1 aliphatic carbocycles. The second-order valence-electron chi connectivity index (χ2n) is 7.93. The second-order valence-corrected chi connectivity index (χ2v) is 7.93. The third kappa shape index (κ3) is 3.73. The van der Waals surface area contributed by atoms with Crippen LogP contribution in [-0.2, 0) is 16.0 Å². The highest BCUT2D eigenvalue weighted by molar-refractivity contribution is 5.89. The standard InChI is InChI=1S/C21H28N2O2/c24-20(14-16-6-2-1-3-7-16)23-13-5-9-19(23)21(25)22-12-4-8-18(15-22)17-10-11-17/h1-3,6-7,17-19H,4-5,8-15H2. The number of nitrogens with zero attached hydrogens (tertiary/aromatic N) is 2. The molecule has 0 spiro atoms. The van der Waals surface area contributed by atoms with Gasteiger partial charge in [0.05, 0.1) is 6.42 Å². The lowest BCUT2D eigenvalue weighted by Gasteiger charge is -2.36. The largest absolute Gasteiger partial charge is 0.341 e. The smallest absolute Gasteiger partial charge is 0.245 e. The molecule has 1 aromatic rings. The van der Waals surface area contributed by atoms with Gasteiger partial charge in [0, 0.05) is 19.6 Å². The lowest BCUT2D eigenvalue weighted by Crippen LogP contribution is -2.51. The van der Waals surface area contributed by atoms with Gasteiger partial charge in [-0.3, -0.25) is 9.59 Å². The van der Waals surface area contributed by atoms with Gasteiger partial charge >= 0.3 is 0 Å². The monoisotopic (exact) mass is 340 g/mol. The van der Waals surface area contributed by atoms with Gasteiger partial charge in [0.25, 0.3) is 0 Å². The van der Waals surface area contributed by atoms with Gasteiger partial charge < -0.3 is 9.80 Å². The summed E-state index contributed by atoms with van der Waals surface area (Å²) < 4.78 is 0. The maximum atomic E-state index is 13.1. The Labute approximate surface area is 150 Å². The highest BCUT2D eigenvalue weighted by Gasteiger charge is 2.40. The first-order valence-electron chi connectivity index (χ1n) is 9.84. The number of likely N-dealkylation sites (tertiary alicyclic amines) is 2. The molecule has 25 heavy (non-hydrogen) atoms. The SMILES string of the molecule is O=C(C1CCCN1C(=O)Cc1ccccc1)N1CCCC(C2CC2)C1.